The molecule has 33 heavy (non-hydrogen) atoms. The fourth-order valence-electron chi connectivity index (χ4n) is 3.59. The zero-order valence-corrected chi connectivity index (χ0v) is 20.2. The first-order valence-corrected chi connectivity index (χ1v) is 11.9. The Labute approximate surface area is 200 Å². The number of allylic oxidation sites excluding steroid dienone is 4. The van der Waals surface area contributed by atoms with E-state index in [1.54, 1.807) is 29.8 Å². The van der Waals surface area contributed by atoms with Gasteiger partial charge < -0.3 is 20.7 Å². The number of hydrogen-bond donors (Lipinski definition) is 2. The molecule has 0 fully saturated rings. The van der Waals surface area contributed by atoms with Crippen LogP contribution in [0.3, 0.4) is 0 Å². The van der Waals surface area contributed by atoms with Crippen molar-refractivity contribution >= 4 is 28.5 Å². The van der Waals surface area contributed by atoms with Gasteiger partial charge in [0.05, 0.1) is 11.5 Å². The van der Waals surface area contributed by atoms with Crippen LogP contribution in [-0.4, -0.2) is 35.7 Å². The van der Waals surface area contributed by atoms with E-state index in [1.807, 2.05) is 36.2 Å². The molecular weight excluding hydrogens is 432 g/mol. The molecule has 0 aliphatic carbocycles. The van der Waals surface area contributed by atoms with E-state index in [0.717, 1.165) is 48.2 Å². The van der Waals surface area contributed by atoms with Crippen LogP contribution in [0.25, 0.3) is 0 Å². The Hall–Kier alpha value is -3.03. The third kappa shape index (κ3) is 8.11. The SMILES string of the molecule is C=C/C=C\C(=C)CCC=O.CNc1sc2c(c1CN)CCN(C(=O)CCc1ccncc1)C2. The molecule has 0 radical (unpaired) electrons. The molecule has 0 saturated heterocycles. The minimum absolute atomic E-state index is 0.223. The summed E-state index contributed by atoms with van der Waals surface area (Å²) in [6.45, 7) is 9.30. The number of thiophene rings is 1. The first kappa shape index (κ1) is 26.2. The van der Waals surface area contributed by atoms with Crippen molar-refractivity contribution in [1.82, 2.24) is 9.88 Å². The molecule has 2 aromatic heterocycles. The fraction of sp³-hybridized carbons (Fsp3) is 0.346. The molecule has 7 heteroatoms. The zero-order valence-electron chi connectivity index (χ0n) is 19.4. The van der Waals surface area contributed by atoms with Gasteiger partial charge in [0, 0.05) is 55.8 Å². The zero-order chi connectivity index (χ0) is 24.1. The van der Waals surface area contributed by atoms with Crippen LogP contribution in [-0.2, 0) is 35.5 Å². The summed E-state index contributed by atoms with van der Waals surface area (Å²) in [6.07, 6.45) is 13.3. The highest BCUT2D eigenvalue weighted by Crippen LogP contribution is 2.36. The van der Waals surface area contributed by atoms with E-state index in [-0.39, 0.29) is 5.91 Å². The van der Waals surface area contributed by atoms with Crippen LogP contribution in [0.1, 0.15) is 40.8 Å². The summed E-state index contributed by atoms with van der Waals surface area (Å²) in [5.74, 6) is 0.223. The van der Waals surface area contributed by atoms with Crippen molar-refractivity contribution in [3.63, 3.8) is 0 Å². The number of nitrogens with two attached hydrogens (primary N) is 1. The van der Waals surface area contributed by atoms with E-state index in [0.29, 0.717) is 25.9 Å². The minimum Gasteiger partial charge on any atom is -0.380 e. The summed E-state index contributed by atoms with van der Waals surface area (Å²) >= 11 is 1.73. The van der Waals surface area contributed by atoms with E-state index >= 15 is 0 Å². The third-order valence-electron chi connectivity index (χ3n) is 5.38. The summed E-state index contributed by atoms with van der Waals surface area (Å²) in [5.41, 5.74) is 10.6. The molecule has 0 aromatic carbocycles. The monoisotopic (exact) mass is 466 g/mol. The average Bonchev–Trinajstić information content (AvgIpc) is 3.22. The van der Waals surface area contributed by atoms with E-state index < -0.39 is 0 Å². The lowest BCUT2D eigenvalue weighted by atomic mass is 10.0. The lowest BCUT2D eigenvalue weighted by Gasteiger charge is -2.27. The highest BCUT2D eigenvalue weighted by atomic mass is 32.1. The van der Waals surface area contributed by atoms with Gasteiger partial charge in [-0.1, -0.05) is 37.0 Å². The van der Waals surface area contributed by atoms with Gasteiger partial charge in [0.1, 0.15) is 6.29 Å². The second kappa shape index (κ2) is 14.2. The van der Waals surface area contributed by atoms with Gasteiger partial charge in [-0.25, -0.2) is 0 Å². The Morgan fingerprint density at radius 2 is 2.09 bits per heavy atom. The number of aldehydes is 1. The van der Waals surface area contributed by atoms with Gasteiger partial charge in [0.15, 0.2) is 0 Å². The molecule has 3 N–H and O–H groups in total. The normalized spacial score (nSPS) is 12.5. The number of anilines is 1. The minimum atomic E-state index is 0.223. The molecule has 0 saturated carbocycles. The van der Waals surface area contributed by atoms with Gasteiger partial charge in [-0.05, 0) is 42.5 Å². The predicted octanol–water partition coefficient (Wildman–Crippen LogP) is 4.42. The van der Waals surface area contributed by atoms with Crippen LogP contribution in [0.15, 0.2) is 61.5 Å². The average molecular weight is 467 g/mol. The number of hydrogen-bond acceptors (Lipinski definition) is 6. The number of pyridine rings is 1. The number of nitrogens with one attached hydrogen (secondary N) is 1. The fourth-order valence-corrected chi connectivity index (χ4v) is 4.84. The Morgan fingerprint density at radius 3 is 2.73 bits per heavy atom. The number of aryl methyl sites for hydroxylation is 1. The number of nitrogens with zero attached hydrogens (tertiary/aromatic N) is 2. The van der Waals surface area contributed by atoms with Gasteiger partial charge in [-0.3, -0.25) is 9.78 Å². The molecule has 1 amide bonds. The molecule has 176 valence electrons. The third-order valence-corrected chi connectivity index (χ3v) is 6.66. The molecule has 0 unspecified atom stereocenters. The second-order valence-corrected chi connectivity index (χ2v) is 8.75. The Morgan fingerprint density at radius 1 is 1.33 bits per heavy atom. The summed E-state index contributed by atoms with van der Waals surface area (Å²) in [4.78, 5) is 29.6. The van der Waals surface area contributed by atoms with Crippen LogP contribution in [0.5, 0.6) is 0 Å². The first-order valence-electron chi connectivity index (χ1n) is 11.1. The van der Waals surface area contributed by atoms with Crippen molar-refractivity contribution in [2.24, 2.45) is 5.73 Å². The molecule has 0 spiro atoms. The molecule has 2 aromatic rings. The van der Waals surface area contributed by atoms with Gasteiger partial charge in [-0.2, -0.15) is 0 Å². The van der Waals surface area contributed by atoms with Crippen LogP contribution in [0.4, 0.5) is 5.00 Å². The maximum absolute atomic E-state index is 12.5. The smallest absolute Gasteiger partial charge is 0.223 e. The largest absolute Gasteiger partial charge is 0.380 e. The standard InChI is InChI=1S/C17H22N4OS.C9H12O/c1-19-17-14(10-18)13-6-9-21(11-15(13)23-17)16(22)3-2-12-4-7-20-8-5-12;1-3-4-6-9(2)7-5-8-10/h4-5,7-8,19H,2-3,6,9-11,18H2,1H3;3-4,6,8H,1-2,5,7H2/b;6-4-. The van der Waals surface area contributed by atoms with Gasteiger partial charge in [0.2, 0.25) is 5.91 Å². The first-order chi connectivity index (χ1) is 16.0. The highest BCUT2D eigenvalue weighted by Gasteiger charge is 2.25. The molecular formula is C26H34N4O2S. The highest BCUT2D eigenvalue weighted by molar-refractivity contribution is 7.16. The number of aromatic nitrogens is 1. The van der Waals surface area contributed by atoms with Crippen molar-refractivity contribution in [2.75, 3.05) is 18.9 Å². The second-order valence-electron chi connectivity index (χ2n) is 7.64. The van der Waals surface area contributed by atoms with Gasteiger partial charge >= 0.3 is 0 Å². The molecule has 0 bridgehead atoms. The van der Waals surface area contributed by atoms with Crippen molar-refractivity contribution in [1.29, 1.82) is 0 Å². The Balaban J connectivity index is 0.000000328. The lowest BCUT2D eigenvalue weighted by molar-refractivity contribution is -0.132. The van der Waals surface area contributed by atoms with Crippen LogP contribution in [0, 0.1) is 0 Å². The number of amides is 1. The van der Waals surface area contributed by atoms with Crippen molar-refractivity contribution in [2.45, 2.75) is 45.2 Å². The quantitative estimate of drug-likeness (QED) is 0.400. The van der Waals surface area contributed by atoms with Crippen molar-refractivity contribution in [3.8, 4) is 0 Å². The molecule has 3 rings (SSSR count). The predicted molar refractivity (Wildman–Crippen MR) is 137 cm³/mol. The molecule has 6 nitrogen and oxygen atoms in total. The summed E-state index contributed by atoms with van der Waals surface area (Å²) in [5, 5.41) is 4.37. The molecule has 1 aliphatic heterocycles. The number of rotatable bonds is 10. The van der Waals surface area contributed by atoms with Gasteiger partial charge in [0.25, 0.3) is 0 Å². The Kier molecular flexibility index (Phi) is 11.3. The van der Waals surface area contributed by atoms with E-state index in [4.69, 9.17) is 5.73 Å². The number of carbonyl (C=O) groups is 2. The molecule has 0 atom stereocenters. The topological polar surface area (TPSA) is 88.3 Å². The molecule has 1 aliphatic rings. The molecule has 3 heterocycles. The van der Waals surface area contributed by atoms with Crippen molar-refractivity contribution in [3.05, 3.63) is 83.1 Å². The van der Waals surface area contributed by atoms with Crippen molar-refractivity contribution < 1.29 is 9.59 Å². The maximum Gasteiger partial charge on any atom is 0.223 e. The Bertz CT molecular complexity index is 966. The summed E-state index contributed by atoms with van der Waals surface area (Å²) in [7, 11) is 1.92. The van der Waals surface area contributed by atoms with E-state index in [1.165, 1.54) is 16.0 Å². The van der Waals surface area contributed by atoms with E-state index in [2.05, 4.69) is 23.5 Å². The number of carbonyl (C=O) groups excluding carboxylic acids is 2. The van der Waals surface area contributed by atoms with Crippen LogP contribution < -0.4 is 11.1 Å². The van der Waals surface area contributed by atoms with Crippen LogP contribution in [0.2, 0.25) is 0 Å². The maximum atomic E-state index is 12.5. The van der Waals surface area contributed by atoms with Crippen LogP contribution >= 0.6 is 11.3 Å². The van der Waals surface area contributed by atoms with Gasteiger partial charge in [-0.15, -0.1) is 11.3 Å². The summed E-state index contributed by atoms with van der Waals surface area (Å²) < 4.78 is 0. The van der Waals surface area contributed by atoms with E-state index in [9.17, 15) is 9.59 Å². The lowest BCUT2D eigenvalue weighted by Crippen LogP contribution is -2.35. The summed E-state index contributed by atoms with van der Waals surface area (Å²) in [6, 6.07) is 3.93. The number of fused-ring (bicyclic) bond motifs is 1.